The molecular weight excluding hydrogens is 252 g/mol. The monoisotopic (exact) mass is 270 g/mol. The predicted molar refractivity (Wildman–Crippen MR) is 80.3 cm³/mol. The molecule has 0 aromatic heterocycles. The van der Waals surface area contributed by atoms with Gasteiger partial charge in [-0.2, -0.15) is 0 Å². The average molecular weight is 270 g/mol. The molecule has 98 valence electrons. The molecule has 0 radical (unpaired) electrons. The molecule has 0 unspecified atom stereocenters. The van der Waals surface area contributed by atoms with Crippen molar-refractivity contribution in [2.45, 2.75) is 19.6 Å². The molecule has 2 rings (SSSR count). The normalized spacial score (nSPS) is 11.1. The summed E-state index contributed by atoms with van der Waals surface area (Å²) in [6, 6.07) is 16.8. The van der Waals surface area contributed by atoms with E-state index in [0.29, 0.717) is 16.9 Å². The highest BCUT2D eigenvalue weighted by atomic mass is 28.4. The summed E-state index contributed by atoms with van der Waals surface area (Å²) in [6.07, 6.45) is 0. The molecule has 0 amide bonds. The Hall–Kier alpha value is -1.87. The van der Waals surface area contributed by atoms with Gasteiger partial charge in [0.2, 0.25) is 8.32 Å². The Kier molecular flexibility index (Phi) is 3.86. The molecule has 0 aliphatic rings. The molecule has 0 atom stereocenters. The Morgan fingerprint density at radius 3 is 2.11 bits per heavy atom. The van der Waals surface area contributed by atoms with Crippen molar-refractivity contribution in [1.29, 1.82) is 0 Å². The van der Waals surface area contributed by atoms with Gasteiger partial charge in [-0.1, -0.05) is 42.5 Å². The van der Waals surface area contributed by atoms with E-state index in [1.807, 2.05) is 54.6 Å². The summed E-state index contributed by atoms with van der Waals surface area (Å²) in [4.78, 5) is 12.5. The number of para-hydroxylation sites is 1. The summed E-state index contributed by atoms with van der Waals surface area (Å²) in [5.74, 6) is 0.699. The third kappa shape index (κ3) is 3.55. The fourth-order valence-electron chi connectivity index (χ4n) is 1.82. The Bertz CT molecular complexity index is 571. The molecule has 0 spiro atoms. The maximum atomic E-state index is 12.5. The van der Waals surface area contributed by atoms with E-state index < -0.39 is 8.32 Å². The third-order valence-electron chi connectivity index (χ3n) is 2.58. The minimum Gasteiger partial charge on any atom is -0.544 e. The van der Waals surface area contributed by atoms with Crippen LogP contribution in [0.25, 0.3) is 0 Å². The SMILES string of the molecule is C[Si](C)(C)Oc1ccccc1C(=O)c1ccccc1. The number of hydrogen-bond acceptors (Lipinski definition) is 2. The lowest BCUT2D eigenvalue weighted by molar-refractivity contribution is 0.103. The first-order valence-electron chi connectivity index (χ1n) is 6.35. The van der Waals surface area contributed by atoms with E-state index in [-0.39, 0.29) is 5.78 Å². The highest BCUT2D eigenvalue weighted by molar-refractivity contribution is 6.70. The molecule has 0 N–H and O–H groups in total. The van der Waals surface area contributed by atoms with Crippen molar-refractivity contribution in [3.8, 4) is 5.75 Å². The van der Waals surface area contributed by atoms with Crippen molar-refractivity contribution >= 4 is 14.1 Å². The third-order valence-corrected chi connectivity index (χ3v) is 3.42. The second-order valence-electron chi connectivity index (χ2n) is 5.41. The second-order valence-corrected chi connectivity index (χ2v) is 9.83. The van der Waals surface area contributed by atoms with Gasteiger partial charge in [-0.25, -0.2) is 0 Å². The van der Waals surface area contributed by atoms with Crippen molar-refractivity contribution in [2.24, 2.45) is 0 Å². The number of carbonyl (C=O) groups excluding carboxylic acids is 1. The van der Waals surface area contributed by atoms with Crippen molar-refractivity contribution in [3.63, 3.8) is 0 Å². The molecule has 0 saturated carbocycles. The number of ketones is 1. The smallest absolute Gasteiger partial charge is 0.242 e. The van der Waals surface area contributed by atoms with Crippen LogP contribution in [-0.2, 0) is 0 Å². The highest BCUT2D eigenvalue weighted by Gasteiger charge is 2.20. The van der Waals surface area contributed by atoms with Gasteiger partial charge in [0.15, 0.2) is 5.78 Å². The molecule has 0 heterocycles. The van der Waals surface area contributed by atoms with Gasteiger partial charge in [-0.15, -0.1) is 0 Å². The lowest BCUT2D eigenvalue weighted by Gasteiger charge is -2.21. The first kappa shape index (κ1) is 13.6. The molecule has 2 aromatic carbocycles. The largest absolute Gasteiger partial charge is 0.544 e. The lowest BCUT2D eigenvalue weighted by atomic mass is 10.0. The van der Waals surface area contributed by atoms with Gasteiger partial charge in [0.1, 0.15) is 5.75 Å². The molecule has 2 aromatic rings. The quantitative estimate of drug-likeness (QED) is 0.617. The van der Waals surface area contributed by atoms with Crippen LogP contribution in [0.1, 0.15) is 15.9 Å². The van der Waals surface area contributed by atoms with Crippen LogP contribution in [0.5, 0.6) is 5.75 Å². The topological polar surface area (TPSA) is 26.3 Å². The van der Waals surface area contributed by atoms with Crippen molar-refractivity contribution in [3.05, 3.63) is 65.7 Å². The van der Waals surface area contributed by atoms with E-state index in [4.69, 9.17) is 4.43 Å². The fourth-order valence-corrected chi connectivity index (χ4v) is 2.66. The number of benzene rings is 2. The van der Waals surface area contributed by atoms with E-state index in [1.54, 1.807) is 0 Å². The van der Waals surface area contributed by atoms with Gasteiger partial charge in [0.25, 0.3) is 0 Å². The van der Waals surface area contributed by atoms with E-state index in [9.17, 15) is 4.79 Å². The maximum Gasteiger partial charge on any atom is 0.242 e. The van der Waals surface area contributed by atoms with Crippen LogP contribution < -0.4 is 4.43 Å². The number of hydrogen-bond donors (Lipinski definition) is 0. The highest BCUT2D eigenvalue weighted by Crippen LogP contribution is 2.24. The minimum atomic E-state index is -1.73. The van der Waals surface area contributed by atoms with Crippen molar-refractivity contribution < 1.29 is 9.22 Å². The van der Waals surface area contributed by atoms with Crippen molar-refractivity contribution in [2.75, 3.05) is 0 Å². The summed E-state index contributed by atoms with van der Waals surface area (Å²) < 4.78 is 5.99. The van der Waals surface area contributed by atoms with Gasteiger partial charge in [-0.05, 0) is 31.8 Å². The van der Waals surface area contributed by atoms with E-state index in [1.165, 1.54) is 0 Å². The molecule has 0 aliphatic carbocycles. The van der Waals surface area contributed by atoms with Crippen LogP contribution in [-0.4, -0.2) is 14.1 Å². The molecule has 2 nitrogen and oxygen atoms in total. The van der Waals surface area contributed by atoms with Crippen LogP contribution >= 0.6 is 0 Å². The van der Waals surface area contributed by atoms with Gasteiger partial charge in [0.05, 0.1) is 5.56 Å². The second kappa shape index (κ2) is 5.41. The Morgan fingerprint density at radius 1 is 0.895 bits per heavy atom. The van der Waals surface area contributed by atoms with Crippen molar-refractivity contribution in [1.82, 2.24) is 0 Å². The summed E-state index contributed by atoms with van der Waals surface area (Å²) in [5, 5.41) is 0. The van der Waals surface area contributed by atoms with Crippen LogP contribution in [0, 0.1) is 0 Å². The van der Waals surface area contributed by atoms with E-state index in [2.05, 4.69) is 19.6 Å². The van der Waals surface area contributed by atoms with Gasteiger partial charge in [-0.3, -0.25) is 4.79 Å². The Balaban J connectivity index is 2.38. The van der Waals surface area contributed by atoms with Gasteiger partial charge in [0, 0.05) is 5.56 Å². The van der Waals surface area contributed by atoms with E-state index in [0.717, 1.165) is 0 Å². The predicted octanol–water partition coefficient (Wildman–Crippen LogP) is 4.13. The van der Waals surface area contributed by atoms with Gasteiger partial charge >= 0.3 is 0 Å². The molecule has 0 fully saturated rings. The Morgan fingerprint density at radius 2 is 1.47 bits per heavy atom. The van der Waals surface area contributed by atoms with Crippen LogP contribution in [0.2, 0.25) is 19.6 Å². The van der Waals surface area contributed by atoms with Crippen LogP contribution in [0.3, 0.4) is 0 Å². The fraction of sp³-hybridized carbons (Fsp3) is 0.188. The zero-order valence-corrected chi connectivity index (χ0v) is 12.5. The summed E-state index contributed by atoms with van der Waals surface area (Å²) in [5.41, 5.74) is 1.32. The summed E-state index contributed by atoms with van der Waals surface area (Å²) in [6.45, 7) is 6.32. The summed E-state index contributed by atoms with van der Waals surface area (Å²) in [7, 11) is -1.73. The zero-order valence-electron chi connectivity index (χ0n) is 11.5. The first-order valence-corrected chi connectivity index (χ1v) is 9.76. The number of carbonyl (C=O) groups is 1. The average Bonchev–Trinajstić information content (AvgIpc) is 2.38. The zero-order chi connectivity index (χ0) is 13.9. The molecular formula is C16H18O2Si. The van der Waals surface area contributed by atoms with E-state index >= 15 is 0 Å². The first-order chi connectivity index (χ1) is 8.97. The maximum absolute atomic E-state index is 12.5. The molecule has 19 heavy (non-hydrogen) atoms. The lowest BCUT2D eigenvalue weighted by Crippen LogP contribution is -2.30. The Labute approximate surface area is 115 Å². The number of rotatable bonds is 4. The molecule has 0 aliphatic heterocycles. The van der Waals surface area contributed by atoms with Gasteiger partial charge < -0.3 is 4.43 Å². The van der Waals surface area contributed by atoms with Crippen LogP contribution in [0.15, 0.2) is 54.6 Å². The summed E-state index contributed by atoms with van der Waals surface area (Å²) >= 11 is 0. The molecule has 0 saturated heterocycles. The standard InChI is InChI=1S/C16H18O2Si/c1-19(2,3)18-15-12-8-7-11-14(15)16(17)13-9-5-4-6-10-13/h4-12H,1-3H3. The minimum absolute atomic E-state index is 0.00875. The molecule has 3 heteroatoms. The van der Waals surface area contributed by atoms with Crippen LogP contribution in [0.4, 0.5) is 0 Å². The molecule has 0 bridgehead atoms.